The second-order valence-electron chi connectivity index (χ2n) is 19.3. The molecule has 0 fully saturated rings. The summed E-state index contributed by atoms with van der Waals surface area (Å²) in [5.41, 5.74) is 19.2. The average Bonchev–Trinajstić information content (AvgIpc) is 3.78. The first kappa shape index (κ1) is 43.2. The number of allylic oxidation sites excluding steroid dienone is 3. The van der Waals surface area contributed by atoms with E-state index >= 15 is 0 Å². The molecule has 2 heteroatoms. The lowest BCUT2D eigenvalue weighted by Gasteiger charge is -2.24. The minimum absolute atomic E-state index is 0.203. The van der Waals surface area contributed by atoms with Gasteiger partial charge in [-0.05, 0) is 132 Å². The molecule has 2 heterocycles. The maximum absolute atomic E-state index is 5.65. The van der Waals surface area contributed by atoms with E-state index in [1.165, 1.54) is 104 Å². The van der Waals surface area contributed by atoms with Crippen molar-refractivity contribution in [2.24, 2.45) is 10.9 Å². The van der Waals surface area contributed by atoms with Gasteiger partial charge in [0, 0.05) is 34.4 Å². The number of hydrogen-bond acceptors (Lipinski definition) is 1. The smallest absolute Gasteiger partial charge is 0.0672 e. The highest BCUT2D eigenvalue weighted by molar-refractivity contribution is 6.29. The summed E-state index contributed by atoms with van der Waals surface area (Å²) in [6.07, 6.45) is 4.17. The molecule has 1 unspecified atom stereocenters. The third-order valence-electron chi connectivity index (χ3n) is 15.1. The van der Waals surface area contributed by atoms with E-state index in [0.29, 0.717) is 0 Å². The SMILES string of the molecule is CCC1/C=C(c2cccc(-c3ccc4c(c3)c3ccccc3c3cccc(-c5ccc6c7ccccc7n(-c7ccccc7)c6c5)c34)c2)\N=C(\c2ccc(-c3ccccc3)cc2)C/C(C)=C/1c1ccccc1. The molecular weight excluding hydrogens is 869 g/mol. The molecule has 2 nitrogen and oxygen atoms in total. The van der Waals surface area contributed by atoms with Crippen LogP contribution >= 0.6 is 0 Å². The quantitative estimate of drug-likeness (QED) is 0.135. The summed E-state index contributed by atoms with van der Waals surface area (Å²) >= 11 is 0. The van der Waals surface area contributed by atoms with E-state index in [1.807, 2.05) is 0 Å². The van der Waals surface area contributed by atoms with Crippen molar-refractivity contribution in [2.45, 2.75) is 26.7 Å². The van der Waals surface area contributed by atoms with Gasteiger partial charge in [0.15, 0.2) is 0 Å². The van der Waals surface area contributed by atoms with Gasteiger partial charge in [-0.15, -0.1) is 0 Å². The van der Waals surface area contributed by atoms with E-state index in [-0.39, 0.29) is 5.92 Å². The molecule has 11 aromatic carbocycles. The highest BCUT2D eigenvalue weighted by Gasteiger charge is 2.23. The first-order valence-electron chi connectivity index (χ1n) is 25.4. The van der Waals surface area contributed by atoms with Crippen LogP contribution in [0.2, 0.25) is 0 Å². The van der Waals surface area contributed by atoms with Gasteiger partial charge in [-0.25, -0.2) is 0 Å². The second kappa shape index (κ2) is 18.2. The molecule has 0 saturated heterocycles. The first-order chi connectivity index (χ1) is 35.6. The largest absolute Gasteiger partial charge is 0.309 e. The number of para-hydroxylation sites is 2. The molecule has 1 aliphatic heterocycles. The number of aliphatic imine (C=N–C) groups is 1. The van der Waals surface area contributed by atoms with E-state index in [4.69, 9.17) is 4.99 Å². The van der Waals surface area contributed by atoms with Gasteiger partial charge in [-0.1, -0.05) is 225 Å². The van der Waals surface area contributed by atoms with Crippen molar-refractivity contribution in [1.82, 2.24) is 4.57 Å². The minimum atomic E-state index is 0.203. The lowest BCUT2D eigenvalue weighted by molar-refractivity contribution is 0.785. The number of fused-ring (bicyclic) bond motifs is 9. The average molecular weight is 921 g/mol. The van der Waals surface area contributed by atoms with Crippen molar-refractivity contribution < 1.29 is 0 Å². The highest BCUT2D eigenvalue weighted by atomic mass is 15.0. The van der Waals surface area contributed by atoms with Crippen LogP contribution in [0.5, 0.6) is 0 Å². The van der Waals surface area contributed by atoms with Gasteiger partial charge >= 0.3 is 0 Å². The molecule has 1 aromatic heterocycles. The Morgan fingerprint density at radius 2 is 0.931 bits per heavy atom. The number of aromatic nitrogens is 1. The van der Waals surface area contributed by atoms with Crippen molar-refractivity contribution >= 4 is 71.1 Å². The molecule has 1 aliphatic rings. The van der Waals surface area contributed by atoms with E-state index in [0.717, 1.165) is 41.1 Å². The molecule has 13 rings (SSSR count). The van der Waals surface area contributed by atoms with Crippen LogP contribution in [0.15, 0.2) is 259 Å². The summed E-state index contributed by atoms with van der Waals surface area (Å²) in [4.78, 5) is 5.65. The van der Waals surface area contributed by atoms with E-state index < -0.39 is 0 Å². The fourth-order valence-electron chi connectivity index (χ4n) is 11.6. The molecule has 1 atom stereocenters. The van der Waals surface area contributed by atoms with Crippen LogP contribution in [0.1, 0.15) is 43.4 Å². The molecule has 342 valence electrons. The van der Waals surface area contributed by atoms with Gasteiger partial charge in [-0.2, -0.15) is 0 Å². The number of hydrogen-bond donors (Lipinski definition) is 0. The van der Waals surface area contributed by atoms with Crippen LogP contribution in [0, 0.1) is 5.92 Å². The van der Waals surface area contributed by atoms with E-state index in [1.54, 1.807) is 0 Å². The first-order valence-corrected chi connectivity index (χ1v) is 25.4. The predicted molar refractivity (Wildman–Crippen MR) is 308 cm³/mol. The molecule has 0 bridgehead atoms. The van der Waals surface area contributed by atoms with Crippen LogP contribution in [0.3, 0.4) is 0 Å². The Bertz CT molecular complexity index is 4140. The summed E-state index contributed by atoms with van der Waals surface area (Å²) in [5, 5.41) is 10.1. The number of rotatable bonds is 8. The molecule has 72 heavy (non-hydrogen) atoms. The molecule has 12 aromatic rings. The Morgan fingerprint density at radius 3 is 1.69 bits per heavy atom. The van der Waals surface area contributed by atoms with Crippen molar-refractivity contribution in [2.75, 3.05) is 0 Å². The lowest BCUT2D eigenvalue weighted by Crippen LogP contribution is -2.11. The molecule has 0 spiro atoms. The monoisotopic (exact) mass is 920 g/mol. The van der Waals surface area contributed by atoms with Gasteiger partial charge in [0.1, 0.15) is 0 Å². The summed E-state index contributed by atoms with van der Waals surface area (Å²) in [6, 6.07) is 89.1. The Hall–Kier alpha value is -8.85. The zero-order valence-corrected chi connectivity index (χ0v) is 40.6. The Morgan fingerprint density at radius 1 is 0.403 bits per heavy atom. The third-order valence-corrected chi connectivity index (χ3v) is 15.1. The van der Waals surface area contributed by atoms with Gasteiger partial charge < -0.3 is 4.57 Å². The predicted octanol–water partition coefficient (Wildman–Crippen LogP) is 19.0. The van der Waals surface area contributed by atoms with Crippen LogP contribution < -0.4 is 0 Å². The molecule has 0 amide bonds. The summed E-state index contributed by atoms with van der Waals surface area (Å²) in [5.74, 6) is 0.203. The van der Waals surface area contributed by atoms with Crippen molar-refractivity contribution in [3.8, 4) is 39.1 Å². The second-order valence-corrected chi connectivity index (χ2v) is 19.3. The normalized spacial score (nSPS) is 16.7. The van der Waals surface area contributed by atoms with E-state index in [9.17, 15) is 0 Å². The number of nitrogens with zero attached hydrogens (tertiary/aromatic N) is 2. The summed E-state index contributed by atoms with van der Waals surface area (Å²) in [6.45, 7) is 4.61. The maximum atomic E-state index is 5.65. The summed E-state index contributed by atoms with van der Waals surface area (Å²) in [7, 11) is 0. The van der Waals surface area contributed by atoms with Gasteiger partial charge in [0.2, 0.25) is 0 Å². The maximum Gasteiger partial charge on any atom is 0.0672 e. The Balaban J connectivity index is 0.955. The zero-order valence-electron chi connectivity index (χ0n) is 40.6. The van der Waals surface area contributed by atoms with Crippen LogP contribution in [-0.4, -0.2) is 10.3 Å². The topological polar surface area (TPSA) is 17.3 Å². The Kier molecular flexibility index (Phi) is 10.9. The standard InChI is InChI=1S/C70H52N2/c1-3-47-44-66(71-65(41-46(2)69(47)51-21-9-5-10-22-51)50-35-33-49(34-36-50)48-19-7-4-8-20-48)55-24-17-23-52(42-55)53-37-40-63-64(43-53)59-28-14-13-27-58(59)62-31-18-30-57(70(62)63)54-38-39-61-60-29-15-16-32-67(60)72(68(61)45-54)56-25-11-6-12-26-56/h4-40,42-45,47H,3,41H2,1-2H3/b66-44-,69-46-,71-65+. The molecule has 0 N–H and O–H groups in total. The molecular formula is C70H52N2. The van der Waals surface area contributed by atoms with Crippen molar-refractivity contribution in [3.63, 3.8) is 0 Å². The third kappa shape index (κ3) is 7.55. The van der Waals surface area contributed by atoms with Crippen molar-refractivity contribution in [3.05, 3.63) is 271 Å². The van der Waals surface area contributed by atoms with E-state index in [2.05, 4.69) is 267 Å². The molecule has 0 saturated carbocycles. The fraction of sp³-hybridized carbons (Fsp3) is 0.0714. The van der Waals surface area contributed by atoms with Crippen LogP contribution in [0.4, 0.5) is 0 Å². The van der Waals surface area contributed by atoms with Crippen LogP contribution in [0.25, 0.3) is 104 Å². The molecule has 0 radical (unpaired) electrons. The van der Waals surface area contributed by atoms with Gasteiger partial charge in [-0.3, -0.25) is 4.99 Å². The lowest BCUT2D eigenvalue weighted by atomic mass is 9.83. The van der Waals surface area contributed by atoms with Crippen molar-refractivity contribution in [1.29, 1.82) is 0 Å². The summed E-state index contributed by atoms with van der Waals surface area (Å²) < 4.78 is 2.41. The fourth-order valence-corrected chi connectivity index (χ4v) is 11.6. The molecule has 0 aliphatic carbocycles. The zero-order chi connectivity index (χ0) is 48.1. The van der Waals surface area contributed by atoms with Gasteiger partial charge in [0.05, 0.1) is 22.4 Å². The number of benzene rings is 11. The highest BCUT2D eigenvalue weighted by Crippen LogP contribution is 2.44. The van der Waals surface area contributed by atoms with Crippen LogP contribution in [-0.2, 0) is 0 Å². The minimum Gasteiger partial charge on any atom is -0.309 e. The van der Waals surface area contributed by atoms with Gasteiger partial charge in [0.25, 0.3) is 0 Å². The Labute approximate surface area is 421 Å².